The molecule has 0 rings (SSSR count). The second-order valence-electron chi connectivity index (χ2n) is 2.92. The fourth-order valence-electron chi connectivity index (χ4n) is 0.957. The van der Waals surface area contributed by atoms with Gasteiger partial charge in [-0.1, -0.05) is 12.2 Å². The molecule has 5 nitrogen and oxygen atoms in total. The molecular weight excluding hydrogens is 216 g/mol. The molecule has 0 heterocycles. The van der Waals surface area contributed by atoms with E-state index >= 15 is 0 Å². The summed E-state index contributed by atoms with van der Waals surface area (Å²) in [5, 5.41) is 0. The van der Waals surface area contributed by atoms with Crippen LogP contribution in [0.2, 0.25) is 0 Å². The molecule has 0 saturated heterocycles. The number of hydrogen-bond acceptors (Lipinski definition) is 4. The van der Waals surface area contributed by atoms with Gasteiger partial charge in [0.2, 0.25) is 5.91 Å². The minimum atomic E-state index is -0.110. The van der Waals surface area contributed by atoms with E-state index in [1.54, 1.807) is 12.0 Å². The first-order chi connectivity index (χ1) is 7.11. The third-order valence-corrected chi connectivity index (χ3v) is 1.87. The SMILES string of the molecule is CCN(CC(N)=S)C(=O)COCCOC. The van der Waals surface area contributed by atoms with Crippen LogP contribution in [0.25, 0.3) is 0 Å². The number of rotatable bonds is 8. The number of nitrogens with two attached hydrogens (primary N) is 1. The van der Waals surface area contributed by atoms with Crippen molar-refractivity contribution < 1.29 is 14.3 Å². The molecule has 0 atom stereocenters. The van der Waals surface area contributed by atoms with Gasteiger partial charge >= 0.3 is 0 Å². The molecule has 6 heteroatoms. The van der Waals surface area contributed by atoms with Crippen LogP contribution < -0.4 is 5.73 Å². The van der Waals surface area contributed by atoms with Crippen LogP contribution in [0.1, 0.15) is 6.92 Å². The highest BCUT2D eigenvalue weighted by Crippen LogP contribution is 1.91. The Morgan fingerprint density at radius 3 is 2.60 bits per heavy atom. The molecule has 0 radical (unpaired) electrons. The number of carbonyl (C=O) groups excluding carboxylic acids is 1. The zero-order valence-electron chi connectivity index (χ0n) is 9.19. The topological polar surface area (TPSA) is 64.8 Å². The Labute approximate surface area is 95.5 Å². The van der Waals surface area contributed by atoms with Crippen molar-refractivity contribution in [2.24, 2.45) is 5.73 Å². The number of likely N-dealkylation sites (N-methyl/N-ethyl adjacent to an activating group) is 1. The third-order valence-electron chi connectivity index (χ3n) is 1.74. The molecule has 2 N–H and O–H groups in total. The van der Waals surface area contributed by atoms with Crippen LogP contribution in [0.15, 0.2) is 0 Å². The lowest BCUT2D eigenvalue weighted by molar-refractivity contribution is -0.135. The molecule has 0 aliphatic carbocycles. The molecule has 0 aromatic rings. The van der Waals surface area contributed by atoms with Crippen molar-refractivity contribution in [2.75, 3.05) is 40.0 Å². The maximum Gasteiger partial charge on any atom is 0.248 e. The van der Waals surface area contributed by atoms with Gasteiger partial charge in [0, 0.05) is 13.7 Å². The maximum absolute atomic E-state index is 11.5. The van der Waals surface area contributed by atoms with E-state index in [1.807, 2.05) is 6.92 Å². The van der Waals surface area contributed by atoms with Gasteiger partial charge in [-0.2, -0.15) is 0 Å². The van der Waals surface area contributed by atoms with Gasteiger partial charge in [0.05, 0.1) is 24.7 Å². The molecule has 88 valence electrons. The van der Waals surface area contributed by atoms with Gasteiger partial charge in [-0.05, 0) is 6.92 Å². The van der Waals surface area contributed by atoms with Gasteiger partial charge in [0.25, 0.3) is 0 Å². The largest absolute Gasteiger partial charge is 0.392 e. The van der Waals surface area contributed by atoms with Crippen LogP contribution >= 0.6 is 12.2 Å². The lowest BCUT2D eigenvalue weighted by Crippen LogP contribution is -2.39. The molecule has 0 saturated carbocycles. The van der Waals surface area contributed by atoms with E-state index < -0.39 is 0 Å². The van der Waals surface area contributed by atoms with Crippen molar-refractivity contribution in [2.45, 2.75) is 6.92 Å². The number of carbonyl (C=O) groups is 1. The number of hydrogen-bond donors (Lipinski definition) is 1. The predicted molar refractivity (Wildman–Crippen MR) is 61.7 cm³/mol. The zero-order valence-corrected chi connectivity index (χ0v) is 10.0. The van der Waals surface area contributed by atoms with E-state index in [4.69, 9.17) is 27.4 Å². The van der Waals surface area contributed by atoms with E-state index in [9.17, 15) is 4.79 Å². The van der Waals surface area contributed by atoms with Gasteiger partial charge in [-0.25, -0.2) is 0 Å². The summed E-state index contributed by atoms with van der Waals surface area (Å²) >= 11 is 4.73. The average Bonchev–Trinajstić information content (AvgIpc) is 2.20. The molecule has 1 amide bonds. The summed E-state index contributed by atoms with van der Waals surface area (Å²) in [5.74, 6) is -0.110. The van der Waals surface area contributed by atoms with Gasteiger partial charge < -0.3 is 20.1 Å². The van der Waals surface area contributed by atoms with Crippen molar-refractivity contribution >= 4 is 23.1 Å². The Balaban J connectivity index is 3.78. The zero-order chi connectivity index (χ0) is 11.7. The summed E-state index contributed by atoms with van der Waals surface area (Å²) in [6.07, 6.45) is 0. The van der Waals surface area contributed by atoms with Crippen LogP contribution in [-0.4, -0.2) is 55.8 Å². The number of amides is 1. The van der Waals surface area contributed by atoms with Crippen LogP contribution in [0.4, 0.5) is 0 Å². The summed E-state index contributed by atoms with van der Waals surface area (Å²) in [4.78, 5) is 13.4. The monoisotopic (exact) mass is 234 g/mol. The van der Waals surface area contributed by atoms with Crippen LogP contribution in [0.5, 0.6) is 0 Å². The maximum atomic E-state index is 11.5. The van der Waals surface area contributed by atoms with E-state index in [2.05, 4.69) is 0 Å². The molecule has 0 unspecified atom stereocenters. The van der Waals surface area contributed by atoms with Crippen molar-refractivity contribution in [3.8, 4) is 0 Å². The minimum Gasteiger partial charge on any atom is -0.392 e. The van der Waals surface area contributed by atoms with Gasteiger partial charge in [0.1, 0.15) is 6.61 Å². The fraction of sp³-hybridized carbons (Fsp3) is 0.778. The first-order valence-electron chi connectivity index (χ1n) is 4.74. The first-order valence-corrected chi connectivity index (χ1v) is 5.15. The standard InChI is InChI=1S/C9H18N2O3S/c1-3-11(6-8(10)15)9(12)7-14-5-4-13-2/h3-7H2,1-2H3,(H2,10,15). The van der Waals surface area contributed by atoms with Crippen LogP contribution in [-0.2, 0) is 14.3 Å². The summed E-state index contributed by atoms with van der Waals surface area (Å²) in [5.41, 5.74) is 5.36. The summed E-state index contributed by atoms with van der Waals surface area (Å²) < 4.78 is 9.88. The molecular formula is C9H18N2O3S. The highest BCUT2D eigenvalue weighted by molar-refractivity contribution is 7.80. The highest BCUT2D eigenvalue weighted by atomic mass is 32.1. The van der Waals surface area contributed by atoms with Crippen molar-refractivity contribution in [1.29, 1.82) is 0 Å². The Morgan fingerprint density at radius 2 is 2.13 bits per heavy atom. The van der Waals surface area contributed by atoms with E-state index in [0.29, 0.717) is 31.3 Å². The van der Waals surface area contributed by atoms with Crippen LogP contribution in [0.3, 0.4) is 0 Å². The van der Waals surface area contributed by atoms with E-state index in [0.717, 1.165) is 0 Å². The molecule has 0 fully saturated rings. The lowest BCUT2D eigenvalue weighted by Gasteiger charge is -2.19. The quantitative estimate of drug-likeness (QED) is 0.465. The Kier molecular flexibility index (Phi) is 8.17. The Morgan fingerprint density at radius 1 is 1.47 bits per heavy atom. The molecule has 0 spiro atoms. The Hall–Kier alpha value is -0.720. The summed E-state index contributed by atoms with van der Waals surface area (Å²) in [6, 6.07) is 0. The van der Waals surface area contributed by atoms with E-state index in [-0.39, 0.29) is 12.5 Å². The number of ether oxygens (including phenoxy) is 2. The molecule has 0 aromatic carbocycles. The average molecular weight is 234 g/mol. The molecule has 0 bridgehead atoms. The molecule has 0 aromatic heterocycles. The van der Waals surface area contributed by atoms with Gasteiger partial charge in [0.15, 0.2) is 0 Å². The van der Waals surface area contributed by atoms with Gasteiger partial charge in [-0.15, -0.1) is 0 Å². The molecule has 0 aliphatic heterocycles. The second kappa shape index (κ2) is 8.58. The van der Waals surface area contributed by atoms with Crippen molar-refractivity contribution in [3.63, 3.8) is 0 Å². The van der Waals surface area contributed by atoms with Crippen LogP contribution in [0, 0.1) is 0 Å². The highest BCUT2D eigenvalue weighted by Gasteiger charge is 2.11. The first kappa shape index (κ1) is 14.3. The van der Waals surface area contributed by atoms with Crippen molar-refractivity contribution in [1.82, 2.24) is 4.90 Å². The smallest absolute Gasteiger partial charge is 0.248 e. The number of methoxy groups -OCH3 is 1. The molecule has 15 heavy (non-hydrogen) atoms. The molecule has 0 aliphatic rings. The minimum absolute atomic E-state index is 0.0415. The van der Waals surface area contributed by atoms with E-state index in [1.165, 1.54) is 0 Å². The third kappa shape index (κ3) is 7.24. The number of nitrogens with zero attached hydrogens (tertiary/aromatic N) is 1. The summed E-state index contributed by atoms with van der Waals surface area (Å²) in [7, 11) is 1.58. The fourth-order valence-corrected chi connectivity index (χ4v) is 1.11. The summed E-state index contributed by atoms with van der Waals surface area (Å²) in [6.45, 7) is 3.68. The van der Waals surface area contributed by atoms with Crippen molar-refractivity contribution in [3.05, 3.63) is 0 Å². The van der Waals surface area contributed by atoms with Gasteiger partial charge in [-0.3, -0.25) is 4.79 Å². The number of thiocarbonyl (C=S) groups is 1. The lowest BCUT2D eigenvalue weighted by atomic mass is 10.4. The Bertz CT molecular complexity index is 212. The predicted octanol–water partition coefficient (Wildman–Crippen LogP) is -0.216. The normalized spacial score (nSPS) is 10.0. The second-order valence-corrected chi connectivity index (χ2v) is 3.44.